The minimum Gasteiger partial charge on any atom is -0.354 e. The van der Waals surface area contributed by atoms with Crippen molar-refractivity contribution in [2.75, 3.05) is 75.9 Å². The fourth-order valence-corrected chi connectivity index (χ4v) is 5.16. The molecule has 9 heteroatoms. The van der Waals surface area contributed by atoms with E-state index in [2.05, 4.69) is 27.5 Å². The average molecular weight is 567 g/mol. The molecule has 2 aliphatic rings. The van der Waals surface area contributed by atoms with Crippen LogP contribution >= 0.6 is 0 Å². The number of carbonyl (C=O) groups is 3. The van der Waals surface area contributed by atoms with Gasteiger partial charge in [0.05, 0.1) is 17.8 Å². The van der Waals surface area contributed by atoms with Crippen LogP contribution in [0.3, 0.4) is 0 Å². The number of hydrogen-bond donors (Lipinski definition) is 2. The predicted octanol–water partition coefficient (Wildman–Crippen LogP) is 3.92. The summed E-state index contributed by atoms with van der Waals surface area (Å²) in [5.74, 6) is -0.286. The summed E-state index contributed by atoms with van der Waals surface area (Å²) in [7, 11) is 5.65. The van der Waals surface area contributed by atoms with Gasteiger partial charge in [0.1, 0.15) is 0 Å². The van der Waals surface area contributed by atoms with Gasteiger partial charge in [-0.3, -0.25) is 19.3 Å². The van der Waals surface area contributed by atoms with E-state index in [0.717, 1.165) is 48.7 Å². The van der Waals surface area contributed by atoms with E-state index in [1.54, 1.807) is 36.0 Å². The highest BCUT2D eigenvalue weighted by atomic mass is 16.2. The molecule has 5 rings (SSSR count). The molecule has 2 N–H and O–H groups in total. The molecule has 3 amide bonds. The van der Waals surface area contributed by atoms with Crippen LogP contribution in [0.1, 0.15) is 28.4 Å². The summed E-state index contributed by atoms with van der Waals surface area (Å²) >= 11 is 0. The zero-order valence-corrected chi connectivity index (χ0v) is 24.7. The summed E-state index contributed by atoms with van der Waals surface area (Å²) in [5, 5.41) is 6.42. The lowest BCUT2D eigenvalue weighted by atomic mass is 9.98. The smallest absolute Gasteiger partial charge is 0.258 e. The third kappa shape index (κ3) is 6.22. The van der Waals surface area contributed by atoms with E-state index in [1.165, 1.54) is 0 Å². The van der Waals surface area contributed by atoms with Crippen LogP contribution in [0.5, 0.6) is 0 Å². The predicted molar refractivity (Wildman–Crippen MR) is 168 cm³/mol. The third-order valence-corrected chi connectivity index (χ3v) is 8.00. The van der Waals surface area contributed by atoms with Gasteiger partial charge in [-0.1, -0.05) is 36.4 Å². The topological polar surface area (TPSA) is 88.2 Å². The maximum absolute atomic E-state index is 13.4. The van der Waals surface area contributed by atoms with Crippen LogP contribution in [0.2, 0.25) is 0 Å². The van der Waals surface area contributed by atoms with Gasteiger partial charge < -0.3 is 25.3 Å². The maximum atomic E-state index is 13.4. The summed E-state index contributed by atoms with van der Waals surface area (Å²) in [6.07, 6.45) is 0. The molecule has 0 radical (unpaired) electrons. The number of rotatable bonds is 8. The molecule has 9 nitrogen and oxygen atoms in total. The standard InChI is InChI=1S/C33H38N6O3/c1-5-37(3)33(42)24-11-16-27-28(21-24)35-32(41)30(27)31(23-9-7-6-8-10-23)34-25-12-14-26(15-13-25)38(4)29(40)22-39-19-17-36(2)18-20-39/h6-16,21,34H,5,17-20,22H2,1-4H3,(H,35,41)/b31-30-. The summed E-state index contributed by atoms with van der Waals surface area (Å²) in [4.78, 5) is 46.8. The summed E-state index contributed by atoms with van der Waals surface area (Å²) in [6, 6.07) is 22.7. The Hall–Kier alpha value is -4.47. The average Bonchev–Trinajstić information content (AvgIpc) is 3.35. The molecule has 0 saturated carbocycles. The van der Waals surface area contributed by atoms with Gasteiger partial charge in [-0.15, -0.1) is 0 Å². The van der Waals surface area contributed by atoms with E-state index >= 15 is 0 Å². The second kappa shape index (κ2) is 12.6. The van der Waals surface area contributed by atoms with Gasteiger partial charge in [0.15, 0.2) is 0 Å². The molecule has 2 heterocycles. The molecule has 0 aromatic heterocycles. The molecule has 0 aliphatic carbocycles. The zero-order chi connectivity index (χ0) is 29.8. The molecular formula is C33H38N6O3. The first-order chi connectivity index (χ1) is 20.2. The van der Waals surface area contributed by atoms with Crippen LogP contribution in [0.15, 0.2) is 72.8 Å². The molecule has 1 fully saturated rings. The van der Waals surface area contributed by atoms with Gasteiger partial charge in [-0.2, -0.15) is 0 Å². The molecule has 2 aliphatic heterocycles. The number of amides is 3. The molecule has 1 saturated heterocycles. The highest BCUT2D eigenvalue weighted by Crippen LogP contribution is 2.38. The van der Waals surface area contributed by atoms with Crippen LogP contribution in [-0.4, -0.2) is 92.8 Å². The van der Waals surface area contributed by atoms with Gasteiger partial charge in [0.2, 0.25) is 5.91 Å². The van der Waals surface area contributed by atoms with Gasteiger partial charge in [-0.25, -0.2) is 0 Å². The van der Waals surface area contributed by atoms with Gasteiger partial charge in [-0.05, 0) is 55.9 Å². The van der Waals surface area contributed by atoms with E-state index in [4.69, 9.17) is 0 Å². The van der Waals surface area contributed by atoms with Crippen molar-refractivity contribution in [2.45, 2.75) is 6.92 Å². The molecule has 3 aromatic carbocycles. The number of carbonyl (C=O) groups excluding carboxylic acids is 3. The van der Waals surface area contributed by atoms with Crippen molar-refractivity contribution in [3.63, 3.8) is 0 Å². The number of benzene rings is 3. The SMILES string of the molecule is CCN(C)C(=O)c1ccc2c(c1)NC(=O)/C2=C(\Nc1ccc(N(C)C(=O)CN2CCN(C)CC2)cc1)c1ccccc1. The van der Waals surface area contributed by atoms with Crippen LogP contribution in [0, 0.1) is 0 Å². The molecule has 0 unspecified atom stereocenters. The number of piperazine rings is 1. The highest BCUT2D eigenvalue weighted by molar-refractivity contribution is 6.37. The van der Waals surface area contributed by atoms with Gasteiger partial charge in [0.25, 0.3) is 11.8 Å². The molecule has 42 heavy (non-hydrogen) atoms. The first-order valence-electron chi connectivity index (χ1n) is 14.3. The van der Waals surface area contributed by atoms with Crippen molar-refractivity contribution < 1.29 is 14.4 Å². The van der Waals surface area contributed by atoms with E-state index in [0.29, 0.717) is 35.6 Å². The van der Waals surface area contributed by atoms with Crippen molar-refractivity contribution in [3.8, 4) is 0 Å². The van der Waals surface area contributed by atoms with E-state index < -0.39 is 0 Å². The Labute approximate surface area is 247 Å². The lowest BCUT2D eigenvalue weighted by Gasteiger charge is -2.32. The van der Waals surface area contributed by atoms with Crippen LogP contribution in [0.4, 0.5) is 17.1 Å². The van der Waals surface area contributed by atoms with Crippen LogP contribution in [-0.2, 0) is 9.59 Å². The number of nitrogens with zero attached hydrogens (tertiary/aromatic N) is 4. The van der Waals surface area contributed by atoms with E-state index in [-0.39, 0.29) is 17.7 Å². The minimum absolute atomic E-state index is 0.0505. The second-order valence-corrected chi connectivity index (χ2v) is 10.9. The number of nitrogens with one attached hydrogen (secondary N) is 2. The first-order valence-corrected chi connectivity index (χ1v) is 14.3. The molecule has 0 atom stereocenters. The van der Waals surface area contributed by atoms with Crippen molar-refractivity contribution in [2.24, 2.45) is 0 Å². The minimum atomic E-state index is -0.240. The Bertz CT molecular complexity index is 1490. The van der Waals surface area contributed by atoms with Crippen LogP contribution < -0.4 is 15.5 Å². The van der Waals surface area contributed by atoms with E-state index in [9.17, 15) is 14.4 Å². The van der Waals surface area contributed by atoms with Crippen LogP contribution in [0.25, 0.3) is 11.3 Å². The second-order valence-electron chi connectivity index (χ2n) is 10.9. The Morgan fingerprint density at radius 1 is 0.905 bits per heavy atom. The summed E-state index contributed by atoms with van der Waals surface area (Å²) in [6.45, 7) is 6.62. The Morgan fingerprint density at radius 2 is 1.60 bits per heavy atom. The number of hydrogen-bond acceptors (Lipinski definition) is 6. The number of likely N-dealkylation sites (N-methyl/N-ethyl adjacent to an activating group) is 2. The first kappa shape index (κ1) is 29.0. The van der Waals surface area contributed by atoms with Crippen molar-refractivity contribution >= 4 is 46.1 Å². The molecule has 0 bridgehead atoms. The normalized spacial score (nSPS) is 16.4. The lowest BCUT2D eigenvalue weighted by molar-refractivity contribution is -0.119. The lowest BCUT2D eigenvalue weighted by Crippen LogP contribution is -2.48. The Morgan fingerprint density at radius 3 is 2.26 bits per heavy atom. The van der Waals surface area contributed by atoms with Crippen molar-refractivity contribution in [3.05, 3.63) is 89.5 Å². The number of fused-ring (bicyclic) bond motifs is 1. The highest BCUT2D eigenvalue weighted by Gasteiger charge is 2.29. The Balaban J connectivity index is 1.40. The third-order valence-electron chi connectivity index (χ3n) is 8.00. The van der Waals surface area contributed by atoms with Crippen molar-refractivity contribution in [1.82, 2.24) is 14.7 Å². The quantitative estimate of drug-likeness (QED) is 0.402. The van der Waals surface area contributed by atoms with Crippen molar-refractivity contribution in [1.29, 1.82) is 0 Å². The number of anilines is 3. The Kier molecular flexibility index (Phi) is 8.70. The van der Waals surface area contributed by atoms with Gasteiger partial charge in [0, 0.05) is 75.0 Å². The summed E-state index contributed by atoms with van der Waals surface area (Å²) < 4.78 is 0. The molecule has 0 spiro atoms. The molecular weight excluding hydrogens is 528 g/mol. The fourth-order valence-electron chi connectivity index (χ4n) is 5.16. The van der Waals surface area contributed by atoms with Gasteiger partial charge >= 0.3 is 0 Å². The fraction of sp³-hybridized carbons (Fsp3) is 0.303. The molecule has 218 valence electrons. The maximum Gasteiger partial charge on any atom is 0.258 e. The summed E-state index contributed by atoms with van der Waals surface area (Å²) in [5.41, 5.74) is 5.45. The largest absolute Gasteiger partial charge is 0.354 e. The molecule has 3 aromatic rings. The zero-order valence-electron chi connectivity index (χ0n) is 24.7. The van der Waals surface area contributed by atoms with E-state index in [1.807, 2.05) is 67.6 Å². The monoisotopic (exact) mass is 566 g/mol.